The normalized spacial score (nSPS) is 12.3. The molecule has 62 heavy (non-hydrogen) atoms. The third kappa shape index (κ3) is 7.60. The number of fused-ring (bicyclic) bond motifs is 3. The van der Waals surface area contributed by atoms with Crippen molar-refractivity contribution in [2.45, 2.75) is 78.6 Å². The van der Waals surface area contributed by atoms with Crippen molar-refractivity contribution in [2.24, 2.45) is 0 Å². The maximum absolute atomic E-state index is 11.9. The van der Waals surface area contributed by atoms with Crippen molar-refractivity contribution in [3.63, 3.8) is 0 Å². The number of para-hydroxylation sites is 4. The predicted molar refractivity (Wildman–Crippen MR) is 261 cm³/mol. The summed E-state index contributed by atoms with van der Waals surface area (Å²) in [6, 6.07) is 56.1. The third-order valence-electron chi connectivity index (χ3n) is 12.2. The van der Waals surface area contributed by atoms with Crippen molar-refractivity contribution < 1.29 is 5.11 Å². The summed E-state index contributed by atoms with van der Waals surface area (Å²) < 4.78 is 2.38. The zero-order valence-electron chi connectivity index (χ0n) is 37.4. The molecule has 308 valence electrons. The second kappa shape index (κ2) is 15.3. The molecule has 0 saturated heterocycles. The lowest BCUT2D eigenvalue weighted by molar-refractivity contribution is 0.448. The van der Waals surface area contributed by atoms with Crippen molar-refractivity contribution in [3.8, 4) is 67.5 Å². The van der Waals surface area contributed by atoms with E-state index in [2.05, 4.69) is 206 Å². The maximum Gasteiger partial charge on any atom is 0.128 e. The van der Waals surface area contributed by atoms with Crippen LogP contribution in [0.4, 0.5) is 0 Å². The summed E-state index contributed by atoms with van der Waals surface area (Å²) in [6.45, 7) is 20.0. The Hall–Kier alpha value is -6.78. The number of benzene rings is 6. The van der Waals surface area contributed by atoms with Gasteiger partial charge >= 0.3 is 0 Å². The molecule has 4 nitrogen and oxygen atoms in total. The molecule has 3 aromatic heterocycles. The molecule has 9 aromatic rings. The Morgan fingerprint density at radius 3 is 1.73 bits per heavy atom. The van der Waals surface area contributed by atoms with Crippen molar-refractivity contribution >= 4 is 21.8 Å². The van der Waals surface area contributed by atoms with Crippen molar-refractivity contribution in [1.29, 1.82) is 0 Å². The van der Waals surface area contributed by atoms with Gasteiger partial charge in [0.1, 0.15) is 5.75 Å². The average molecular weight is 810 g/mol. The topological polar surface area (TPSA) is 50.9 Å². The number of aromatic hydroxyl groups is 1. The number of phenolic OH excluding ortho intramolecular Hbond substituents is 1. The van der Waals surface area contributed by atoms with Crippen LogP contribution in [0.3, 0.4) is 0 Å². The lowest BCUT2D eigenvalue weighted by Gasteiger charge is -2.26. The van der Waals surface area contributed by atoms with Crippen LogP contribution >= 0.6 is 0 Å². The van der Waals surface area contributed by atoms with E-state index in [-0.39, 0.29) is 22.0 Å². The lowest BCUT2D eigenvalue weighted by Crippen LogP contribution is -2.16. The van der Waals surface area contributed by atoms with Crippen LogP contribution in [0.25, 0.3) is 83.5 Å². The van der Waals surface area contributed by atoms with Gasteiger partial charge in [0.15, 0.2) is 0 Å². The Morgan fingerprint density at radius 1 is 0.435 bits per heavy atom. The third-order valence-corrected chi connectivity index (χ3v) is 12.2. The summed E-state index contributed by atoms with van der Waals surface area (Å²) in [5.74, 6) is 0.269. The number of phenols is 1. The standard InChI is InChI=1S/C58H55N3O/c1-56(2,3)42-31-40(32-43(36-42)57(4,5)6)41-34-51(60-52(35-41)48-25-17-26-49(55(48)62)58(7,8)9)39-19-15-18-38(30-39)50-33-37(28-29-59-50)45-23-16-24-47-46-22-13-14-27-53(46)61(54(45)47)44-20-11-10-12-21-44/h10-36,62H,1-9H3. The molecule has 0 spiro atoms. The van der Waals surface area contributed by atoms with Gasteiger partial charge < -0.3 is 9.67 Å². The van der Waals surface area contributed by atoms with E-state index in [4.69, 9.17) is 9.97 Å². The van der Waals surface area contributed by atoms with Gasteiger partial charge in [-0.3, -0.25) is 4.98 Å². The zero-order chi connectivity index (χ0) is 43.6. The summed E-state index contributed by atoms with van der Waals surface area (Å²) in [4.78, 5) is 10.3. The molecule has 0 aliphatic carbocycles. The van der Waals surface area contributed by atoms with Crippen molar-refractivity contribution in [2.75, 3.05) is 0 Å². The molecule has 0 bridgehead atoms. The van der Waals surface area contributed by atoms with E-state index in [1.165, 1.54) is 32.9 Å². The summed E-state index contributed by atoms with van der Waals surface area (Å²) in [6.07, 6.45) is 1.92. The first-order chi connectivity index (χ1) is 29.5. The number of pyridine rings is 2. The Kier molecular flexibility index (Phi) is 10.0. The van der Waals surface area contributed by atoms with Gasteiger partial charge in [-0.2, -0.15) is 0 Å². The monoisotopic (exact) mass is 809 g/mol. The van der Waals surface area contributed by atoms with Gasteiger partial charge in [-0.15, -0.1) is 0 Å². The van der Waals surface area contributed by atoms with Gasteiger partial charge in [0.2, 0.25) is 0 Å². The molecule has 0 aliphatic rings. The highest BCUT2D eigenvalue weighted by Crippen LogP contribution is 2.43. The second-order valence-corrected chi connectivity index (χ2v) is 19.8. The Bertz CT molecular complexity index is 3100. The quantitative estimate of drug-likeness (QED) is 0.182. The van der Waals surface area contributed by atoms with E-state index in [1.807, 2.05) is 24.4 Å². The fourth-order valence-corrected chi connectivity index (χ4v) is 8.69. The number of nitrogens with zero attached hydrogens (tertiary/aromatic N) is 3. The molecule has 3 heterocycles. The van der Waals surface area contributed by atoms with E-state index in [0.717, 1.165) is 67.3 Å². The molecule has 0 atom stereocenters. The summed E-state index contributed by atoms with van der Waals surface area (Å²) in [7, 11) is 0. The van der Waals surface area contributed by atoms with E-state index in [9.17, 15) is 5.11 Å². The molecule has 0 unspecified atom stereocenters. The van der Waals surface area contributed by atoms with Crippen LogP contribution in [0.15, 0.2) is 164 Å². The minimum atomic E-state index is -0.247. The molecule has 0 fully saturated rings. The molecule has 1 N–H and O–H groups in total. The van der Waals surface area contributed by atoms with Gasteiger partial charge in [0.05, 0.1) is 28.1 Å². The molecule has 0 saturated carbocycles. The Balaban J connectivity index is 1.21. The molecular weight excluding hydrogens is 755 g/mol. The van der Waals surface area contributed by atoms with E-state index >= 15 is 0 Å². The number of rotatable bonds is 6. The zero-order valence-corrected chi connectivity index (χ0v) is 37.4. The number of hydrogen-bond donors (Lipinski definition) is 1. The van der Waals surface area contributed by atoms with Crippen LogP contribution in [0.2, 0.25) is 0 Å². The number of aromatic nitrogens is 3. The fourth-order valence-electron chi connectivity index (χ4n) is 8.69. The van der Waals surface area contributed by atoms with E-state index in [1.54, 1.807) is 0 Å². The highest BCUT2D eigenvalue weighted by Gasteiger charge is 2.24. The van der Waals surface area contributed by atoms with E-state index < -0.39 is 0 Å². The predicted octanol–water partition coefficient (Wildman–Crippen LogP) is 15.5. The molecule has 0 amide bonds. The summed E-state index contributed by atoms with van der Waals surface area (Å²) in [5, 5.41) is 14.3. The molecule has 0 radical (unpaired) electrons. The molecule has 9 rings (SSSR count). The van der Waals surface area contributed by atoms with Crippen LogP contribution in [-0.2, 0) is 16.2 Å². The second-order valence-electron chi connectivity index (χ2n) is 19.8. The van der Waals surface area contributed by atoms with Gasteiger partial charge in [-0.25, -0.2) is 4.98 Å². The number of hydrogen-bond acceptors (Lipinski definition) is 3. The minimum absolute atomic E-state index is 0.0481. The molecule has 0 aliphatic heterocycles. The van der Waals surface area contributed by atoms with Gasteiger partial charge in [0.25, 0.3) is 0 Å². The Morgan fingerprint density at radius 2 is 1.02 bits per heavy atom. The minimum Gasteiger partial charge on any atom is -0.507 e. The van der Waals surface area contributed by atoms with Crippen LogP contribution in [-0.4, -0.2) is 19.6 Å². The Labute approximate surface area is 366 Å². The van der Waals surface area contributed by atoms with Crippen LogP contribution in [0, 0.1) is 0 Å². The average Bonchev–Trinajstić information content (AvgIpc) is 3.60. The van der Waals surface area contributed by atoms with Crippen LogP contribution in [0.1, 0.15) is 79.0 Å². The van der Waals surface area contributed by atoms with Gasteiger partial charge in [0, 0.05) is 44.9 Å². The first-order valence-corrected chi connectivity index (χ1v) is 21.7. The van der Waals surface area contributed by atoms with Gasteiger partial charge in [-0.1, -0.05) is 165 Å². The fraction of sp³-hybridized carbons (Fsp3) is 0.207. The first kappa shape index (κ1) is 40.6. The van der Waals surface area contributed by atoms with Crippen molar-refractivity contribution in [3.05, 3.63) is 181 Å². The summed E-state index contributed by atoms with van der Waals surface area (Å²) in [5.41, 5.74) is 16.1. The van der Waals surface area contributed by atoms with Crippen LogP contribution in [0.5, 0.6) is 5.75 Å². The van der Waals surface area contributed by atoms with E-state index in [0.29, 0.717) is 0 Å². The van der Waals surface area contributed by atoms with Gasteiger partial charge in [-0.05, 0) is 104 Å². The lowest BCUT2D eigenvalue weighted by atomic mass is 9.79. The largest absolute Gasteiger partial charge is 0.507 e. The molecular formula is C58H55N3O. The summed E-state index contributed by atoms with van der Waals surface area (Å²) >= 11 is 0. The van der Waals surface area contributed by atoms with Crippen LogP contribution < -0.4 is 0 Å². The highest BCUT2D eigenvalue weighted by molar-refractivity contribution is 6.13. The van der Waals surface area contributed by atoms with Crippen molar-refractivity contribution in [1.82, 2.24) is 14.5 Å². The maximum atomic E-state index is 11.9. The first-order valence-electron chi connectivity index (χ1n) is 21.7. The molecule has 6 aromatic carbocycles. The smallest absolute Gasteiger partial charge is 0.128 e. The SMILES string of the molecule is CC(C)(C)c1cc(-c2cc(-c3cccc(-c4cc(-c5cccc6c7ccccc7n(-c7ccccc7)c56)ccn4)c3)nc(-c3cccc(C(C)(C)C)c3O)c2)cc(C(C)(C)C)c1. The highest BCUT2D eigenvalue weighted by atomic mass is 16.3. The molecule has 4 heteroatoms.